The van der Waals surface area contributed by atoms with Gasteiger partial charge in [0.1, 0.15) is 5.75 Å². The van der Waals surface area contributed by atoms with Crippen LogP contribution in [0.1, 0.15) is 43.4 Å². The van der Waals surface area contributed by atoms with Crippen molar-refractivity contribution in [3.05, 3.63) is 59.7 Å². The molecule has 2 aromatic rings. The number of allylic oxidation sites excluding steroid dienone is 2. The van der Waals surface area contributed by atoms with Gasteiger partial charge in [0.15, 0.2) is 11.5 Å². The number of hydrogen-bond donors (Lipinski definition) is 1. The van der Waals surface area contributed by atoms with E-state index in [0.717, 1.165) is 29.4 Å². The van der Waals surface area contributed by atoms with Crippen molar-refractivity contribution in [1.82, 2.24) is 0 Å². The lowest BCUT2D eigenvalue weighted by Crippen LogP contribution is -2.29. The van der Waals surface area contributed by atoms with Gasteiger partial charge in [-0.3, -0.25) is 0 Å². The van der Waals surface area contributed by atoms with Crippen molar-refractivity contribution < 1.29 is 14.2 Å². The average molecular weight is 365 g/mol. The van der Waals surface area contributed by atoms with Crippen molar-refractivity contribution in [3.8, 4) is 17.2 Å². The molecule has 1 aliphatic heterocycles. The first-order chi connectivity index (χ1) is 13.1. The lowest BCUT2D eigenvalue weighted by atomic mass is 9.77. The summed E-state index contributed by atoms with van der Waals surface area (Å²) in [6.07, 6.45) is 5.84. The summed E-state index contributed by atoms with van der Waals surface area (Å²) in [6, 6.07) is 12.8. The fourth-order valence-electron chi connectivity index (χ4n) is 4.32. The Morgan fingerprint density at radius 1 is 1.00 bits per heavy atom. The van der Waals surface area contributed by atoms with Crippen LogP contribution in [0.2, 0.25) is 0 Å². The number of hydrogen-bond acceptors (Lipinski definition) is 4. The molecule has 4 heteroatoms. The quantitative estimate of drug-likeness (QED) is 0.728. The fraction of sp³-hybridized carbons (Fsp3) is 0.391. The molecule has 2 aliphatic rings. The Labute approximate surface area is 161 Å². The van der Waals surface area contributed by atoms with Crippen LogP contribution in [0, 0.1) is 5.92 Å². The second-order valence-electron chi connectivity index (χ2n) is 7.48. The molecule has 1 N–H and O–H groups in total. The van der Waals surface area contributed by atoms with Crippen molar-refractivity contribution >= 4 is 5.69 Å². The maximum atomic E-state index is 6.10. The number of fused-ring (bicyclic) bond motifs is 3. The van der Waals surface area contributed by atoms with Gasteiger partial charge < -0.3 is 19.5 Å². The Kier molecular flexibility index (Phi) is 4.73. The van der Waals surface area contributed by atoms with Crippen LogP contribution in [0.3, 0.4) is 0 Å². The lowest BCUT2D eigenvalue weighted by Gasteiger charge is -2.38. The highest BCUT2D eigenvalue weighted by molar-refractivity contribution is 5.68. The molecule has 4 rings (SSSR count). The van der Waals surface area contributed by atoms with Crippen LogP contribution in [-0.2, 0) is 0 Å². The van der Waals surface area contributed by atoms with Gasteiger partial charge in [-0.25, -0.2) is 0 Å². The largest absolute Gasteiger partial charge is 0.493 e. The molecule has 3 atom stereocenters. The summed E-state index contributed by atoms with van der Waals surface area (Å²) in [7, 11) is 3.35. The molecule has 0 bridgehead atoms. The van der Waals surface area contributed by atoms with Gasteiger partial charge in [-0.15, -0.1) is 0 Å². The lowest BCUT2D eigenvalue weighted by molar-refractivity contribution is 0.242. The van der Waals surface area contributed by atoms with Gasteiger partial charge in [-0.05, 0) is 55.5 Å². The zero-order valence-corrected chi connectivity index (χ0v) is 16.4. The number of nitrogens with one attached hydrogen (secondary N) is 1. The second-order valence-corrected chi connectivity index (χ2v) is 7.48. The zero-order valence-electron chi connectivity index (χ0n) is 16.4. The van der Waals surface area contributed by atoms with Gasteiger partial charge >= 0.3 is 0 Å². The highest BCUT2D eigenvalue weighted by Crippen LogP contribution is 2.52. The number of benzene rings is 2. The number of para-hydroxylation sites is 1. The highest BCUT2D eigenvalue weighted by atomic mass is 16.5. The summed E-state index contributed by atoms with van der Waals surface area (Å²) < 4.78 is 17.0. The molecule has 1 heterocycles. The van der Waals surface area contributed by atoms with E-state index in [4.69, 9.17) is 14.2 Å². The van der Waals surface area contributed by atoms with Crippen LogP contribution in [0.25, 0.3) is 0 Å². The Morgan fingerprint density at radius 2 is 1.81 bits per heavy atom. The molecule has 0 aromatic heterocycles. The van der Waals surface area contributed by atoms with E-state index in [9.17, 15) is 0 Å². The van der Waals surface area contributed by atoms with Gasteiger partial charge in [-0.2, -0.15) is 0 Å². The summed E-state index contributed by atoms with van der Waals surface area (Å²) in [5.74, 6) is 3.31. The van der Waals surface area contributed by atoms with E-state index in [1.807, 2.05) is 6.07 Å². The Morgan fingerprint density at radius 3 is 2.56 bits per heavy atom. The molecule has 0 amide bonds. The molecule has 0 fully saturated rings. The second kappa shape index (κ2) is 7.18. The maximum absolute atomic E-state index is 6.10. The molecule has 2 aromatic carbocycles. The first kappa shape index (κ1) is 17.8. The first-order valence-corrected chi connectivity index (χ1v) is 9.57. The topological polar surface area (TPSA) is 39.7 Å². The molecule has 4 nitrogen and oxygen atoms in total. The SMILES string of the molecule is COc1ccc(C2Nc3c(OC(C)C)cccc3C3C=CCC32)cc1OC. The third-order valence-corrected chi connectivity index (χ3v) is 5.49. The van der Waals surface area contributed by atoms with Crippen molar-refractivity contribution in [2.75, 3.05) is 19.5 Å². The normalized spacial score (nSPS) is 22.8. The predicted octanol–water partition coefficient (Wildman–Crippen LogP) is 5.32. The van der Waals surface area contributed by atoms with Crippen molar-refractivity contribution in [2.45, 2.75) is 38.3 Å². The summed E-state index contributed by atoms with van der Waals surface area (Å²) in [6.45, 7) is 4.12. The number of ether oxygens (including phenoxy) is 3. The van der Waals surface area contributed by atoms with Crippen LogP contribution >= 0.6 is 0 Å². The molecule has 0 saturated heterocycles. The van der Waals surface area contributed by atoms with Crippen LogP contribution < -0.4 is 19.5 Å². The number of anilines is 1. The summed E-state index contributed by atoms with van der Waals surface area (Å²) in [5.41, 5.74) is 3.64. The van der Waals surface area contributed by atoms with E-state index in [1.54, 1.807) is 14.2 Å². The zero-order chi connectivity index (χ0) is 19.0. The van der Waals surface area contributed by atoms with Crippen molar-refractivity contribution in [3.63, 3.8) is 0 Å². The molecule has 0 spiro atoms. The standard InChI is InChI=1S/C23H27NO3/c1-14(2)27-20-10-6-9-18-16-7-5-8-17(16)22(24-23(18)20)15-11-12-19(25-3)21(13-15)26-4/h5-7,9-14,16-17,22,24H,8H2,1-4H3. The van der Waals surface area contributed by atoms with Crippen molar-refractivity contribution in [2.24, 2.45) is 5.92 Å². The van der Waals surface area contributed by atoms with Crippen LogP contribution in [0.5, 0.6) is 17.2 Å². The minimum atomic E-state index is 0.134. The Balaban J connectivity index is 1.77. The summed E-state index contributed by atoms with van der Waals surface area (Å²) in [5, 5.41) is 3.79. The van der Waals surface area contributed by atoms with Gasteiger partial charge in [0.2, 0.25) is 0 Å². The van der Waals surface area contributed by atoms with Crippen LogP contribution in [0.4, 0.5) is 5.69 Å². The number of rotatable bonds is 5. The first-order valence-electron chi connectivity index (χ1n) is 9.57. The monoisotopic (exact) mass is 365 g/mol. The third-order valence-electron chi connectivity index (χ3n) is 5.49. The van der Waals surface area contributed by atoms with E-state index < -0.39 is 0 Å². The van der Waals surface area contributed by atoms with Crippen LogP contribution in [0.15, 0.2) is 48.6 Å². The minimum Gasteiger partial charge on any atom is -0.493 e. The molecule has 0 radical (unpaired) electrons. The molecule has 1 aliphatic carbocycles. The Bertz CT molecular complexity index is 859. The minimum absolute atomic E-state index is 0.134. The molecular formula is C23H27NO3. The maximum Gasteiger partial charge on any atom is 0.161 e. The van der Waals surface area contributed by atoms with E-state index in [0.29, 0.717) is 11.8 Å². The smallest absolute Gasteiger partial charge is 0.161 e. The molecule has 142 valence electrons. The Hall–Kier alpha value is -2.62. The fourth-order valence-corrected chi connectivity index (χ4v) is 4.32. The van der Waals surface area contributed by atoms with Gasteiger partial charge in [0.25, 0.3) is 0 Å². The summed E-state index contributed by atoms with van der Waals surface area (Å²) >= 11 is 0. The average Bonchev–Trinajstić information content (AvgIpc) is 3.17. The van der Waals surface area contributed by atoms with E-state index in [2.05, 4.69) is 61.6 Å². The molecular weight excluding hydrogens is 338 g/mol. The van der Waals surface area contributed by atoms with E-state index in [1.165, 1.54) is 11.1 Å². The van der Waals surface area contributed by atoms with E-state index in [-0.39, 0.29) is 12.1 Å². The summed E-state index contributed by atoms with van der Waals surface area (Å²) in [4.78, 5) is 0. The highest BCUT2D eigenvalue weighted by Gasteiger charge is 2.39. The molecule has 27 heavy (non-hydrogen) atoms. The van der Waals surface area contributed by atoms with Gasteiger partial charge in [0, 0.05) is 5.92 Å². The van der Waals surface area contributed by atoms with Crippen molar-refractivity contribution in [1.29, 1.82) is 0 Å². The van der Waals surface area contributed by atoms with Gasteiger partial charge in [-0.1, -0.05) is 30.4 Å². The third kappa shape index (κ3) is 3.14. The number of methoxy groups -OCH3 is 2. The predicted molar refractivity (Wildman–Crippen MR) is 108 cm³/mol. The molecule has 0 saturated carbocycles. The van der Waals surface area contributed by atoms with E-state index >= 15 is 0 Å². The molecule has 3 unspecified atom stereocenters. The van der Waals surface area contributed by atoms with Crippen LogP contribution in [-0.4, -0.2) is 20.3 Å². The van der Waals surface area contributed by atoms with Gasteiger partial charge in [0.05, 0.1) is 32.1 Å².